The molecule has 0 spiro atoms. The van der Waals surface area contributed by atoms with Crippen LogP contribution in [-0.2, 0) is 11.2 Å². The first-order chi connectivity index (χ1) is 11.3. The summed E-state index contributed by atoms with van der Waals surface area (Å²) in [6.07, 6.45) is 1.90. The van der Waals surface area contributed by atoms with Crippen molar-refractivity contribution in [2.24, 2.45) is 0 Å². The van der Waals surface area contributed by atoms with Crippen LogP contribution in [-0.4, -0.2) is 54.4 Å². The van der Waals surface area contributed by atoms with Crippen molar-refractivity contribution < 1.29 is 9.58 Å². The summed E-state index contributed by atoms with van der Waals surface area (Å²) in [5.74, 6) is 0.391. The molecule has 2 heterocycles. The minimum atomic E-state index is 0.391. The lowest BCUT2D eigenvalue weighted by Gasteiger charge is -2.26. The van der Waals surface area contributed by atoms with E-state index in [1.54, 1.807) is 6.07 Å². The first-order valence-electron chi connectivity index (χ1n) is 8.21. The number of fused-ring (bicyclic) bond motifs is 1. The molecular formula is C16H23N5O2. The maximum atomic E-state index is 12.0. The normalized spacial score (nSPS) is 15.9. The van der Waals surface area contributed by atoms with Gasteiger partial charge in [0.1, 0.15) is 5.52 Å². The molecule has 124 valence electrons. The van der Waals surface area contributed by atoms with Gasteiger partial charge in [-0.3, -0.25) is 4.90 Å². The van der Waals surface area contributed by atoms with Crippen LogP contribution in [0.4, 0.5) is 5.95 Å². The Morgan fingerprint density at radius 1 is 1.35 bits per heavy atom. The van der Waals surface area contributed by atoms with E-state index in [-0.39, 0.29) is 0 Å². The number of nitrogens with zero attached hydrogens (tertiary/aromatic N) is 4. The van der Waals surface area contributed by atoms with Crippen molar-refractivity contribution >= 4 is 17.0 Å². The molecule has 1 aliphatic heterocycles. The summed E-state index contributed by atoms with van der Waals surface area (Å²) in [5, 5.41) is 19.1. The highest BCUT2D eigenvalue weighted by molar-refractivity contribution is 5.72. The largest absolute Gasteiger partial charge is 0.594 e. The number of aryl methyl sites for hydroxylation is 1. The fourth-order valence-electron chi connectivity index (χ4n) is 2.72. The lowest BCUT2D eigenvalue weighted by Crippen LogP contribution is -2.37. The molecule has 1 N–H and O–H groups in total. The number of anilines is 1. The molecule has 0 bridgehead atoms. The third-order valence-corrected chi connectivity index (χ3v) is 4.10. The van der Waals surface area contributed by atoms with Gasteiger partial charge in [0, 0.05) is 25.7 Å². The topological polar surface area (TPSA) is 77.2 Å². The van der Waals surface area contributed by atoms with Gasteiger partial charge in [-0.15, -0.1) is 0 Å². The molecule has 23 heavy (non-hydrogen) atoms. The van der Waals surface area contributed by atoms with E-state index in [4.69, 9.17) is 4.74 Å². The van der Waals surface area contributed by atoms with Crippen molar-refractivity contribution in [3.63, 3.8) is 0 Å². The number of hydrogen-bond acceptors (Lipinski definition) is 6. The van der Waals surface area contributed by atoms with E-state index in [1.165, 1.54) is 0 Å². The quantitative estimate of drug-likeness (QED) is 0.486. The summed E-state index contributed by atoms with van der Waals surface area (Å²) in [6, 6.07) is 5.67. The third-order valence-electron chi connectivity index (χ3n) is 4.10. The fourth-order valence-corrected chi connectivity index (χ4v) is 2.72. The zero-order chi connectivity index (χ0) is 16.1. The van der Waals surface area contributed by atoms with Gasteiger partial charge in [0.25, 0.3) is 11.5 Å². The van der Waals surface area contributed by atoms with E-state index in [0.717, 1.165) is 57.8 Å². The van der Waals surface area contributed by atoms with Gasteiger partial charge >= 0.3 is 0 Å². The maximum absolute atomic E-state index is 12.0. The SMILES string of the molecule is CCc1ccc2c(c1)nc(NCCCN1CCOCC1)n[n+]2[O-]. The molecule has 0 atom stereocenters. The Labute approximate surface area is 135 Å². The number of ether oxygens (including phenoxy) is 1. The highest BCUT2D eigenvalue weighted by Crippen LogP contribution is 2.12. The van der Waals surface area contributed by atoms with Gasteiger partial charge in [-0.25, -0.2) is 4.98 Å². The Morgan fingerprint density at radius 3 is 2.96 bits per heavy atom. The van der Waals surface area contributed by atoms with E-state index in [2.05, 4.69) is 27.2 Å². The average Bonchev–Trinajstić information content (AvgIpc) is 2.59. The molecule has 0 unspecified atom stereocenters. The van der Waals surface area contributed by atoms with Gasteiger partial charge in [0.05, 0.1) is 18.3 Å². The van der Waals surface area contributed by atoms with Crippen molar-refractivity contribution in [1.82, 2.24) is 15.0 Å². The lowest BCUT2D eigenvalue weighted by atomic mass is 10.1. The summed E-state index contributed by atoms with van der Waals surface area (Å²) >= 11 is 0. The molecule has 0 radical (unpaired) electrons. The van der Waals surface area contributed by atoms with Crippen molar-refractivity contribution in [3.8, 4) is 0 Å². The first-order valence-corrected chi connectivity index (χ1v) is 8.21. The molecular weight excluding hydrogens is 294 g/mol. The van der Waals surface area contributed by atoms with Crippen LogP contribution < -0.4 is 10.2 Å². The minimum Gasteiger partial charge on any atom is -0.594 e. The van der Waals surface area contributed by atoms with E-state index < -0.39 is 0 Å². The molecule has 1 aliphatic rings. The summed E-state index contributed by atoms with van der Waals surface area (Å²) < 4.78 is 5.33. The Morgan fingerprint density at radius 2 is 2.17 bits per heavy atom. The van der Waals surface area contributed by atoms with E-state index in [9.17, 15) is 5.21 Å². The third kappa shape index (κ3) is 4.05. The van der Waals surface area contributed by atoms with Crippen LogP contribution in [0.25, 0.3) is 11.0 Å². The van der Waals surface area contributed by atoms with Crippen LogP contribution in [0.15, 0.2) is 18.2 Å². The highest BCUT2D eigenvalue weighted by atomic mass is 16.5. The molecule has 2 aromatic rings. The predicted octanol–water partition coefficient (Wildman–Crippen LogP) is 0.960. The van der Waals surface area contributed by atoms with Gasteiger partial charge in [0.2, 0.25) is 0 Å². The standard InChI is InChI=1S/C16H23N5O2/c1-2-13-4-5-15-14(12-13)18-16(19-21(15)22)17-6-3-7-20-8-10-23-11-9-20/h4-5,12H,2-3,6-11H2,1H3,(H,17,18,19). The van der Waals surface area contributed by atoms with E-state index in [1.807, 2.05) is 12.1 Å². The molecule has 1 aromatic heterocycles. The number of nitrogens with one attached hydrogen (secondary N) is 1. The van der Waals surface area contributed by atoms with Crippen LogP contribution in [0, 0.1) is 5.21 Å². The van der Waals surface area contributed by atoms with Gasteiger partial charge < -0.3 is 15.3 Å². The Balaban J connectivity index is 1.58. The Hall–Kier alpha value is -1.99. The van der Waals surface area contributed by atoms with Gasteiger partial charge in [-0.2, -0.15) is 0 Å². The molecule has 0 aliphatic carbocycles. The molecule has 1 aromatic carbocycles. The van der Waals surface area contributed by atoms with E-state index >= 15 is 0 Å². The van der Waals surface area contributed by atoms with Crippen molar-refractivity contribution in [2.75, 3.05) is 44.7 Å². The fraction of sp³-hybridized carbons (Fsp3) is 0.562. The number of morpholine rings is 1. The summed E-state index contributed by atoms with van der Waals surface area (Å²) in [5.41, 5.74) is 2.35. The smallest absolute Gasteiger partial charge is 0.290 e. The van der Waals surface area contributed by atoms with Crippen LogP contribution in [0.1, 0.15) is 18.9 Å². The van der Waals surface area contributed by atoms with Crippen LogP contribution in [0.3, 0.4) is 0 Å². The number of hydrogen-bond donors (Lipinski definition) is 1. The summed E-state index contributed by atoms with van der Waals surface area (Å²) in [7, 11) is 0. The molecule has 7 heteroatoms. The second kappa shape index (κ2) is 7.52. The van der Waals surface area contributed by atoms with Crippen molar-refractivity contribution in [2.45, 2.75) is 19.8 Å². The average molecular weight is 317 g/mol. The molecule has 0 amide bonds. The van der Waals surface area contributed by atoms with Crippen molar-refractivity contribution in [1.29, 1.82) is 0 Å². The Bertz CT molecular complexity index is 658. The lowest BCUT2D eigenvalue weighted by molar-refractivity contribution is -0.641. The second-order valence-corrected chi connectivity index (χ2v) is 5.72. The molecule has 0 saturated carbocycles. The second-order valence-electron chi connectivity index (χ2n) is 5.72. The zero-order valence-electron chi connectivity index (χ0n) is 13.5. The zero-order valence-corrected chi connectivity index (χ0v) is 13.5. The van der Waals surface area contributed by atoms with Crippen LogP contribution in [0.5, 0.6) is 0 Å². The van der Waals surface area contributed by atoms with Gasteiger partial charge in [0.15, 0.2) is 0 Å². The number of aromatic nitrogens is 3. The summed E-state index contributed by atoms with van der Waals surface area (Å²) in [4.78, 5) is 7.48. The number of benzene rings is 1. The minimum absolute atomic E-state index is 0.391. The Kier molecular flexibility index (Phi) is 5.19. The first kappa shape index (κ1) is 15.9. The molecule has 1 fully saturated rings. The molecule has 1 saturated heterocycles. The monoisotopic (exact) mass is 317 g/mol. The van der Waals surface area contributed by atoms with Crippen LogP contribution in [0.2, 0.25) is 0 Å². The van der Waals surface area contributed by atoms with Crippen LogP contribution >= 0.6 is 0 Å². The van der Waals surface area contributed by atoms with E-state index in [0.29, 0.717) is 21.8 Å². The van der Waals surface area contributed by atoms with Gasteiger partial charge in [-0.05, 0) is 35.9 Å². The summed E-state index contributed by atoms with van der Waals surface area (Å²) in [6.45, 7) is 7.46. The van der Waals surface area contributed by atoms with Crippen molar-refractivity contribution in [3.05, 3.63) is 29.0 Å². The highest BCUT2D eigenvalue weighted by Gasteiger charge is 2.12. The molecule has 7 nitrogen and oxygen atoms in total. The predicted molar refractivity (Wildman–Crippen MR) is 88.2 cm³/mol. The van der Waals surface area contributed by atoms with Gasteiger partial charge in [-0.1, -0.05) is 13.0 Å². The maximum Gasteiger partial charge on any atom is 0.290 e. The number of rotatable bonds is 6. The molecule has 3 rings (SSSR count).